The number of Topliss-reactive ketones (excluding diaryl/α,β-unsaturated/α-hetero) is 1. The van der Waals surface area contributed by atoms with Crippen molar-refractivity contribution in [2.75, 3.05) is 27.4 Å². The topological polar surface area (TPSA) is 90.9 Å². The van der Waals surface area contributed by atoms with Crippen molar-refractivity contribution in [1.29, 1.82) is 0 Å². The standard InChI is InChI=1S/C23H26BrNO6/c1-12-10-16-20(21(26)17(12)22(27)30-4)19(14-6-5-7-15(24)11-14)18(13(2)25-16)23(28)31-9-8-29-3/h5-7,11-12,17,19,25H,8-10H2,1-4H3/t12-,17+,19+/m0/s1. The highest BCUT2D eigenvalue weighted by atomic mass is 79.9. The maximum atomic E-state index is 13.6. The summed E-state index contributed by atoms with van der Waals surface area (Å²) in [6.45, 7) is 4.01. The molecule has 2 aliphatic rings. The molecule has 31 heavy (non-hydrogen) atoms. The van der Waals surface area contributed by atoms with Gasteiger partial charge in [0.15, 0.2) is 5.78 Å². The Morgan fingerprint density at radius 3 is 2.61 bits per heavy atom. The third-order valence-electron chi connectivity index (χ3n) is 5.67. The third-order valence-corrected chi connectivity index (χ3v) is 6.16. The maximum Gasteiger partial charge on any atom is 0.336 e. The Labute approximate surface area is 189 Å². The molecular weight excluding hydrogens is 466 g/mol. The highest BCUT2D eigenvalue weighted by Crippen LogP contribution is 2.45. The van der Waals surface area contributed by atoms with Crippen LogP contribution in [0.5, 0.6) is 0 Å². The normalized spacial score (nSPS) is 23.3. The molecule has 166 valence electrons. The van der Waals surface area contributed by atoms with Crippen LogP contribution in [0.25, 0.3) is 0 Å². The van der Waals surface area contributed by atoms with Gasteiger partial charge in [-0.25, -0.2) is 4.79 Å². The first-order chi connectivity index (χ1) is 14.8. The van der Waals surface area contributed by atoms with Crippen LogP contribution < -0.4 is 5.32 Å². The van der Waals surface area contributed by atoms with Crippen LogP contribution in [-0.2, 0) is 28.6 Å². The van der Waals surface area contributed by atoms with E-state index < -0.39 is 23.8 Å². The van der Waals surface area contributed by atoms with Crippen molar-refractivity contribution < 1.29 is 28.6 Å². The number of benzene rings is 1. The number of ketones is 1. The van der Waals surface area contributed by atoms with E-state index in [1.807, 2.05) is 31.2 Å². The Hall–Kier alpha value is -2.45. The van der Waals surface area contributed by atoms with Crippen LogP contribution in [-0.4, -0.2) is 45.2 Å². The molecule has 0 unspecified atom stereocenters. The van der Waals surface area contributed by atoms with Gasteiger partial charge in [0.2, 0.25) is 0 Å². The van der Waals surface area contributed by atoms with Gasteiger partial charge in [0, 0.05) is 34.5 Å². The second kappa shape index (κ2) is 9.78. The average molecular weight is 492 g/mol. The first kappa shape index (κ1) is 23.2. The van der Waals surface area contributed by atoms with Crippen molar-refractivity contribution in [3.05, 3.63) is 56.8 Å². The second-order valence-corrected chi connectivity index (χ2v) is 8.63. The molecule has 0 spiro atoms. The van der Waals surface area contributed by atoms with Crippen molar-refractivity contribution in [3.63, 3.8) is 0 Å². The van der Waals surface area contributed by atoms with E-state index in [0.29, 0.717) is 23.3 Å². The highest BCUT2D eigenvalue weighted by Gasteiger charge is 2.47. The molecule has 1 aliphatic heterocycles. The molecule has 1 heterocycles. The van der Waals surface area contributed by atoms with E-state index in [1.165, 1.54) is 14.2 Å². The van der Waals surface area contributed by atoms with Gasteiger partial charge in [-0.2, -0.15) is 0 Å². The molecule has 0 bridgehead atoms. The number of ether oxygens (including phenoxy) is 3. The predicted octanol–water partition coefficient (Wildman–Crippen LogP) is 3.25. The van der Waals surface area contributed by atoms with Gasteiger partial charge in [-0.15, -0.1) is 0 Å². The van der Waals surface area contributed by atoms with Crippen LogP contribution in [0.1, 0.15) is 31.7 Å². The molecule has 1 aliphatic carbocycles. The fraction of sp³-hybridized carbons (Fsp3) is 0.435. The first-order valence-corrected chi connectivity index (χ1v) is 10.8. The van der Waals surface area contributed by atoms with Gasteiger partial charge in [0.05, 0.1) is 19.3 Å². The molecule has 0 aromatic heterocycles. The number of rotatable bonds is 6. The number of methoxy groups -OCH3 is 2. The molecule has 0 radical (unpaired) electrons. The third kappa shape index (κ3) is 4.60. The van der Waals surface area contributed by atoms with Crippen LogP contribution in [0, 0.1) is 11.8 Å². The maximum absolute atomic E-state index is 13.6. The van der Waals surface area contributed by atoms with Gasteiger partial charge >= 0.3 is 11.9 Å². The largest absolute Gasteiger partial charge is 0.468 e. The Morgan fingerprint density at radius 2 is 1.97 bits per heavy atom. The summed E-state index contributed by atoms with van der Waals surface area (Å²) in [5.74, 6) is -3.21. The lowest BCUT2D eigenvalue weighted by Crippen LogP contribution is -2.43. The van der Waals surface area contributed by atoms with E-state index in [9.17, 15) is 14.4 Å². The molecule has 3 atom stereocenters. The zero-order valence-electron chi connectivity index (χ0n) is 18.0. The monoisotopic (exact) mass is 491 g/mol. The summed E-state index contributed by atoms with van der Waals surface area (Å²) in [4.78, 5) is 39.0. The van der Waals surface area contributed by atoms with Crippen molar-refractivity contribution in [2.24, 2.45) is 11.8 Å². The summed E-state index contributed by atoms with van der Waals surface area (Å²) in [5, 5.41) is 3.23. The second-order valence-electron chi connectivity index (χ2n) is 7.72. The number of hydrogen-bond acceptors (Lipinski definition) is 7. The van der Waals surface area contributed by atoms with E-state index >= 15 is 0 Å². The van der Waals surface area contributed by atoms with Gasteiger partial charge in [-0.1, -0.05) is 35.0 Å². The molecule has 8 heteroatoms. The van der Waals surface area contributed by atoms with Gasteiger partial charge in [-0.05, 0) is 37.0 Å². The first-order valence-electron chi connectivity index (χ1n) is 10.0. The van der Waals surface area contributed by atoms with Gasteiger partial charge < -0.3 is 19.5 Å². The number of halogens is 1. The van der Waals surface area contributed by atoms with Crippen LogP contribution in [0.15, 0.2) is 51.3 Å². The molecule has 1 aromatic carbocycles. The van der Waals surface area contributed by atoms with Gasteiger partial charge in [-0.3, -0.25) is 9.59 Å². The molecule has 0 saturated carbocycles. The molecule has 3 rings (SSSR count). The van der Waals surface area contributed by atoms with Crippen molar-refractivity contribution in [1.82, 2.24) is 5.32 Å². The number of dihydropyridines is 1. The molecule has 0 fully saturated rings. The number of carbonyl (C=O) groups is 3. The fourth-order valence-corrected chi connectivity index (χ4v) is 4.68. The molecule has 1 N–H and O–H groups in total. The summed E-state index contributed by atoms with van der Waals surface area (Å²) in [5.41, 5.74) is 2.87. The van der Waals surface area contributed by atoms with Crippen LogP contribution >= 0.6 is 15.9 Å². The Morgan fingerprint density at radius 1 is 1.23 bits per heavy atom. The summed E-state index contributed by atoms with van der Waals surface area (Å²) < 4.78 is 16.1. The smallest absolute Gasteiger partial charge is 0.336 e. The molecule has 0 saturated heterocycles. The van der Waals surface area contributed by atoms with E-state index in [0.717, 1.165) is 15.7 Å². The summed E-state index contributed by atoms with van der Waals surface area (Å²) in [6.07, 6.45) is 0.495. The van der Waals surface area contributed by atoms with Crippen LogP contribution in [0.4, 0.5) is 0 Å². The van der Waals surface area contributed by atoms with Gasteiger partial charge in [0.1, 0.15) is 12.5 Å². The molecule has 7 nitrogen and oxygen atoms in total. The highest BCUT2D eigenvalue weighted by molar-refractivity contribution is 9.10. The van der Waals surface area contributed by atoms with Crippen LogP contribution in [0.2, 0.25) is 0 Å². The van der Waals surface area contributed by atoms with Crippen molar-refractivity contribution >= 4 is 33.7 Å². The van der Waals surface area contributed by atoms with E-state index in [-0.39, 0.29) is 24.9 Å². The average Bonchev–Trinajstić information content (AvgIpc) is 2.72. The lowest BCUT2D eigenvalue weighted by molar-refractivity contribution is -0.151. The summed E-state index contributed by atoms with van der Waals surface area (Å²) in [6, 6.07) is 7.45. The Kier molecular flexibility index (Phi) is 7.33. The van der Waals surface area contributed by atoms with E-state index in [4.69, 9.17) is 14.2 Å². The molecule has 1 aromatic rings. The quantitative estimate of drug-likeness (QED) is 0.371. The lowest BCUT2D eigenvalue weighted by Gasteiger charge is -2.38. The minimum atomic E-state index is -0.913. The fourth-order valence-electron chi connectivity index (χ4n) is 4.27. The lowest BCUT2D eigenvalue weighted by atomic mass is 9.69. The summed E-state index contributed by atoms with van der Waals surface area (Å²) in [7, 11) is 2.80. The van der Waals surface area contributed by atoms with E-state index in [2.05, 4.69) is 21.2 Å². The minimum absolute atomic E-state index is 0.0962. The van der Waals surface area contributed by atoms with E-state index in [1.54, 1.807) is 6.92 Å². The Balaban J connectivity index is 2.12. The SMILES string of the molecule is COCCOC(=O)C1=C(C)NC2=C(C(=O)[C@H](C(=O)OC)[C@@H](C)C2)[C@@H]1c1cccc(Br)c1. The molecular formula is C23H26BrNO6. The number of nitrogens with one attached hydrogen (secondary N) is 1. The minimum Gasteiger partial charge on any atom is -0.468 e. The number of esters is 2. The number of carbonyl (C=O) groups excluding carboxylic acids is 3. The van der Waals surface area contributed by atoms with Crippen molar-refractivity contribution in [2.45, 2.75) is 26.2 Å². The molecule has 0 amide bonds. The van der Waals surface area contributed by atoms with Gasteiger partial charge in [0.25, 0.3) is 0 Å². The van der Waals surface area contributed by atoms with Crippen LogP contribution in [0.3, 0.4) is 0 Å². The van der Waals surface area contributed by atoms with Crippen molar-refractivity contribution in [3.8, 4) is 0 Å². The summed E-state index contributed by atoms with van der Waals surface area (Å²) >= 11 is 3.47. The number of allylic oxidation sites excluding steroid dienone is 3. The number of hydrogen-bond donors (Lipinski definition) is 1. The predicted molar refractivity (Wildman–Crippen MR) is 117 cm³/mol. The zero-order valence-corrected chi connectivity index (χ0v) is 19.6. The zero-order chi connectivity index (χ0) is 22.7. The Bertz CT molecular complexity index is 967.